The van der Waals surface area contributed by atoms with E-state index in [1.54, 1.807) is 12.1 Å². The van der Waals surface area contributed by atoms with Crippen molar-refractivity contribution in [2.24, 2.45) is 0 Å². The molecule has 136 valence electrons. The Bertz CT molecular complexity index is 924. The van der Waals surface area contributed by atoms with E-state index in [2.05, 4.69) is 14.9 Å². The van der Waals surface area contributed by atoms with Crippen molar-refractivity contribution in [3.63, 3.8) is 0 Å². The Kier molecular flexibility index (Phi) is 5.63. The van der Waals surface area contributed by atoms with Crippen molar-refractivity contribution < 1.29 is 14.3 Å². The molecule has 1 N–H and O–H groups in total. The zero-order chi connectivity index (χ0) is 18.5. The van der Waals surface area contributed by atoms with Crippen LogP contribution in [-0.4, -0.2) is 36.2 Å². The van der Waals surface area contributed by atoms with Crippen LogP contribution in [0.4, 0.5) is 0 Å². The molecular weight excluding hydrogens is 354 g/mol. The molecule has 0 saturated heterocycles. The quantitative estimate of drug-likeness (QED) is 0.643. The fraction of sp³-hybridized carbons (Fsp3) is 0.263. The minimum absolute atomic E-state index is 0.205. The summed E-state index contributed by atoms with van der Waals surface area (Å²) >= 11 is 6.15. The van der Waals surface area contributed by atoms with Gasteiger partial charge in [0.25, 0.3) is 5.91 Å². The van der Waals surface area contributed by atoms with Crippen molar-refractivity contribution in [3.05, 3.63) is 53.3 Å². The monoisotopic (exact) mass is 373 g/mol. The number of methoxy groups -OCH3 is 2. The van der Waals surface area contributed by atoms with Gasteiger partial charge in [-0.05, 0) is 30.7 Å². The average Bonchev–Trinajstić information content (AvgIpc) is 3.07. The van der Waals surface area contributed by atoms with Crippen LogP contribution in [0, 0.1) is 0 Å². The molecule has 7 heteroatoms. The number of hydrogen-bond acceptors (Lipinski definition) is 4. The highest BCUT2D eigenvalue weighted by Crippen LogP contribution is 2.35. The molecule has 1 aromatic heterocycles. The molecule has 0 atom stereocenters. The Morgan fingerprint density at radius 2 is 2.04 bits per heavy atom. The highest BCUT2D eigenvalue weighted by Gasteiger charge is 2.15. The first-order chi connectivity index (χ1) is 12.6. The SMILES string of the molecule is COc1cc(C(=O)NCCCn2cnc3ccccc32)cc(Cl)c1OC. The van der Waals surface area contributed by atoms with Crippen LogP contribution < -0.4 is 14.8 Å². The molecule has 0 unspecified atom stereocenters. The Morgan fingerprint density at radius 1 is 1.23 bits per heavy atom. The summed E-state index contributed by atoms with van der Waals surface area (Å²) in [6.07, 6.45) is 2.60. The van der Waals surface area contributed by atoms with Gasteiger partial charge in [-0.3, -0.25) is 4.79 Å². The molecule has 0 spiro atoms. The predicted molar refractivity (Wildman–Crippen MR) is 101 cm³/mol. The molecule has 6 nitrogen and oxygen atoms in total. The highest BCUT2D eigenvalue weighted by molar-refractivity contribution is 6.32. The van der Waals surface area contributed by atoms with Crippen LogP contribution in [0.15, 0.2) is 42.7 Å². The van der Waals surface area contributed by atoms with Crippen molar-refractivity contribution in [1.82, 2.24) is 14.9 Å². The maximum Gasteiger partial charge on any atom is 0.251 e. The van der Waals surface area contributed by atoms with Crippen LogP contribution in [0.3, 0.4) is 0 Å². The summed E-state index contributed by atoms with van der Waals surface area (Å²) in [4.78, 5) is 16.7. The molecule has 0 aliphatic rings. The number of hydrogen-bond donors (Lipinski definition) is 1. The number of imidazole rings is 1. The molecule has 0 bridgehead atoms. The zero-order valence-electron chi connectivity index (χ0n) is 14.7. The maximum atomic E-state index is 12.4. The van der Waals surface area contributed by atoms with Crippen LogP contribution in [0.5, 0.6) is 11.5 Å². The van der Waals surface area contributed by atoms with E-state index in [-0.39, 0.29) is 5.91 Å². The first-order valence-corrected chi connectivity index (χ1v) is 8.61. The van der Waals surface area contributed by atoms with Crippen molar-refractivity contribution in [2.45, 2.75) is 13.0 Å². The molecular formula is C19H20ClN3O3. The van der Waals surface area contributed by atoms with Gasteiger partial charge in [0.1, 0.15) is 0 Å². The smallest absolute Gasteiger partial charge is 0.251 e. The number of para-hydroxylation sites is 2. The van der Waals surface area contributed by atoms with Crippen LogP contribution >= 0.6 is 11.6 Å². The van der Waals surface area contributed by atoms with Gasteiger partial charge in [0.05, 0.1) is 36.6 Å². The van der Waals surface area contributed by atoms with Gasteiger partial charge in [-0.15, -0.1) is 0 Å². The topological polar surface area (TPSA) is 65.4 Å². The molecule has 0 fully saturated rings. The summed E-state index contributed by atoms with van der Waals surface area (Å²) in [7, 11) is 3.01. The van der Waals surface area contributed by atoms with Crippen molar-refractivity contribution in [2.75, 3.05) is 20.8 Å². The number of carbonyl (C=O) groups excluding carboxylic acids is 1. The summed E-state index contributed by atoms with van der Waals surface area (Å²) in [5, 5.41) is 3.23. The number of rotatable bonds is 7. The van der Waals surface area contributed by atoms with Gasteiger partial charge in [0.2, 0.25) is 0 Å². The second-order valence-electron chi connectivity index (χ2n) is 5.73. The number of carbonyl (C=O) groups is 1. The maximum absolute atomic E-state index is 12.4. The minimum Gasteiger partial charge on any atom is -0.493 e. The number of halogens is 1. The summed E-state index contributed by atoms with van der Waals surface area (Å²) in [6, 6.07) is 11.2. The van der Waals surface area contributed by atoms with E-state index in [0.717, 1.165) is 24.0 Å². The molecule has 1 heterocycles. The van der Waals surface area contributed by atoms with E-state index in [1.807, 2.05) is 30.6 Å². The van der Waals surface area contributed by atoms with E-state index in [0.29, 0.717) is 28.6 Å². The van der Waals surface area contributed by atoms with Crippen molar-refractivity contribution in [3.8, 4) is 11.5 Å². The zero-order valence-corrected chi connectivity index (χ0v) is 15.4. The van der Waals surface area contributed by atoms with Gasteiger partial charge in [-0.2, -0.15) is 0 Å². The lowest BCUT2D eigenvalue weighted by atomic mass is 10.2. The van der Waals surface area contributed by atoms with Crippen LogP contribution in [0.2, 0.25) is 5.02 Å². The second-order valence-corrected chi connectivity index (χ2v) is 6.14. The number of ether oxygens (including phenoxy) is 2. The van der Waals surface area contributed by atoms with E-state index in [4.69, 9.17) is 21.1 Å². The largest absolute Gasteiger partial charge is 0.493 e. The Balaban J connectivity index is 1.58. The van der Waals surface area contributed by atoms with Crippen LogP contribution in [0.1, 0.15) is 16.8 Å². The Morgan fingerprint density at radius 3 is 2.81 bits per heavy atom. The first-order valence-electron chi connectivity index (χ1n) is 8.23. The lowest BCUT2D eigenvalue weighted by Gasteiger charge is -2.12. The van der Waals surface area contributed by atoms with E-state index < -0.39 is 0 Å². The Labute approximate surface area is 156 Å². The number of aromatic nitrogens is 2. The number of fused-ring (bicyclic) bond motifs is 1. The normalized spacial score (nSPS) is 10.7. The van der Waals surface area contributed by atoms with E-state index >= 15 is 0 Å². The average molecular weight is 374 g/mol. The molecule has 3 rings (SSSR count). The molecule has 26 heavy (non-hydrogen) atoms. The van der Waals surface area contributed by atoms with Gasteiger partial charge in [-0.1, -0.05) is 23.7 Å². The van der Waals surface area contributed by atoms with E-state index in [9.17, 15) is 4.79 Å². The standard InChI is InChI=1S/C19H20ClN3O3/c1-25-17-11-13(10-14(20)18(17)26-2)19(24)21-8-5-9-23-12-22-15-6-3-4-7-16(15)23/h3-4,6-7,10-12H,5,8-9H2,1-2H3,(H,21,24). The molecule has 2 aromatic carbocycles. The van der Waals surface area contributed by atoms with Gasteiger partial charge in [0.15, 0.2) is 11.5 Å². The molecule has 0 aliphatic heterocycles. The fourth-order valence-corrected chi connectivity index (χ4v) is 3.08. The van der Waals surface area contributed by atoms with Gasteiger partial charge >= 0.3 is 0 Å². The van der Waals surface area contributed by atoms with Crippen molar-refractivity contribution >= 4 is 28.5 Å². The van der Waals surface area contributed by atoms with Crippen molar-refractivity contribution in [1.29, 1.82) is 0 Å². The van der Waals surface area contributed by atoms with Crippen LogP contribution in [0.25, 0.3) is 11.0 Å². The molecule has 0 aliphatic carbocycles. The van der Waals surface area contributed by atoms with Gasteiger partial charge < -0.3 is 19.4 Å². The number of nitrogens with one attached hydrogen (secondary N) is 1. The highest BCUT2D eigenvalue weighted by atomic mass is 35.5. The van der Waals surface area contributed by atoms with Crippen LogP contribution in [-0.2, 0) is 6.54 Å². The number of amides is 1. The molecule has 0 saturated carbocycles. The fourth-order valence-electron chi connectivity index (χ4n) is 2.79. The number of nitrogens with zero attached hydrogens (tertiary/aromatic N) is 2. The summed E-state index contributed by atoms with van der Waals surface area (Å²) in [5.74, 6) is 0.635. The number of aryl methyl sites for hydroxylation is 1. The summed E-state index contributed by atoms with van der Waals surface area (Å²) < 4.78 is 12.5. The predicted octanol–water partition coefficient (Wildman–Crippen LogP) is 3.53. The Hall–Kier alpha value is -2.73. The van der Waals surface area contributed by atoms with Gasteiger partial charge in [-0.25, -0.2) is 4.98 Å². The first kappa shape index (κ1) is 18.1. The molecule has 0 radical (unpaired) electrons. The van der Waals surface area contributed by atoms with E-state index in [1.165, 1.54) is 14.2 Å². The molecule has 1 amide bonds. The third-order valence-corrected chi connectivity index (χ3v) is 4.37. The third-order valence-electron chi connectivity index (χ3n) is 4.08. The summed E-state index contributed by atoms with van der Waals surface area (Å²) in [5.41, 5.74) is 2.49. The number of benzene rings is 2. The second kappa shape index (κ2) is 8.10. The minimum atomic E-state index is -0.205. The summed E-state index contributed by atoms with van der Waals surface area (Å²) in [6.45, 7) is 1.31. The lowest BCUT2D eigenvalue weighted by Crippen LogP contribution is -2.25. The molecule has 3 aromatic rings. The third kappa shape index (κ3) is 3.75. The lowest BCUT2D eigenvalue weighted by molar-refractivity contribution is 0.0952. The van der Waals surface area contributed by atoms with Gasteiger partial charge in [0, 0.05) is 18.7 Å².